The number of para-hydroxylation sites is 1. The predicted octanol–water partition coefficient (Wildman–Crippen LogP) is 2.48. The largest absolute Gasteiger partial charge is 0.379 e. The smallest absolute Gasteiger partial charge is 0.224 e. The van der Waals surface area contributed by atoms with Gasteiger partial charge >= 0.3 is 0 Å². The molecule has 7 nitrogen and oxygen atoms in total. The number of rotatable bonds is 6. The number of hydrogen-bond acceptors (Lipinski definition) is 7. The first-order valence-electron chi connectivity index (χ1n) is 9.60. The van der Waals surface area contributed by atoms with Crippen LogP contribution >= 0.6 is 0 Å². The minimum Gasteiger partial charge on any atom is -0.379 e. The van der Waals surface area contributed by atoms with Crippen LogP contribution in [0.5, 0.6) is 0 Å². The van der Waals surface area contributed by atoms with Gasteiger partial charge in [-0.15, -0.1) is 0 Å². The van der Waals surface area contributed by atoms with Gasteiger partial charge in [0.05, 0.1) is 24.5 Å². The van der Waals surface area contributed by atoms with Crippen LogP contribution in [0.1, 0.15) is 28.9 Å². The molecule has 1 aliphatic heterocycles. The molecule has 0 unspecified atom stereocenters. The highest BCUT2D eigenvalue weighted by Crippen LogP contribution is 2.28. The van der Waals surface area contributed by atoms with Crippen molar-refractivity contribution in [3.63, 3.8) is 0 Å². The molecular formula is C20H25N5O2. The third-order valence-electron chi connectivity index (χ3n) is 4.93. The summed E-state index contributed by atoms with van der Waals surface area (Å²) in [5, 5.41) is 6.63. The van der Waals surface area contributed by atoms with Gasteiger partial charge in [0.15, 0.2) is 5.78 Å². The molecule has 27 heavy (non-hydrogen) atoms. The summed E-state index contributed by atoms with van der Waals surface area (Å²) in [6, 6.07) is 9.81. The Balaban J connectivity index is 1.51. The van der Waals surface area contributed by atoms with Crippen LogP contribution in [0.3, 0.4) is 0 Å². The minimum absolute atomic E-state index is 0.120. The van der Waals surface area contributed by atoms with Crippen LogP contribution < -0.4 is 10.6 Å². The molecule has 1 aliphatic carbocycles. The van der Waals surface area contributed by atoms with Crippen LogP contribution in [0.25, 0.3) is 0 Å². The standard InChI is InChI=1S/C20H25N5O2/c26-17-8-4-7-16-18(17)19(22-15-5-2-1-3-6-15)24-20(23-16)21-9-10-25-11-13-27-14-12-25/h1-3,5-6H,4,7-14H2,(H2,21,22,23,24). The Morgan fingerprint density at radius 3 is 2.70 bits per heavy atom. The molecular weight excluding hydrogens is 342 g/mol. The van der Waals surface area contributed by atoms with Gasteiger partial charge < -0.3 is 15.4 Å². The molecule has 2 aliphatic rings. The fraction of sp³-hybridized carbons (Fsp3) is 0.450. The van der Waals surface area contributed by atoms with E-state index in [1.54, 1.807) is 0 Å². The molecule has 0 bridgehead atoms. The van der Waals surface area contributed by atoms with Gasteiger partial charge in [-0.05, 0) is 25.0 Å². The zero-order chi connectivity index (χ0) is 18.5. The summed E-state index contributed by atoms with van der Waals surface area (Å²) in [5.41, 5.74) is 2.40. The van der Waals surface area contributed by atoms with E-state index in [2.05, 4.69) is 25.5 Å². The maximum atomic E-state index is 12.5. The number of fused-ring (bicyclic) bond motifs is 1. The Morgan fingerprint density at radius 1 is 1.07 bits per heavy atom. The first kappa shape index (κ1) is 17.9. The molecule has 1 aromatic carbocycles. The number of benzene rings is 1. The van der Waals surface area contributed by atoms with Crippen molar-refractivity contribution < 1.29 is 9.53 Å². The van der Waals surface area contributed by atoms with Crippen molar-refractivity contribution >= 4 is 23.2 Å². The number of morpholine rings is 1. The summed E-state index contributed by atoms with van der Waals surface area (Å²) in [5.74, 6) is 1.30. The van der Waals surface area contributed by atoms with Crippen LogP contribution in [0.2, 0.25) is 0 Å². The van der Waals surface area contributed by atoms with E-state index in [0.29, 0.717) is 23.8 Å². The molecule has 0 spiro atoms. The lowest BCUT2D eigenvalue weighted by Gasteiger charge is -2.26. The van der Waals surface area contributed by atoms with Gasteiger partial charge in [-0.25, -0.2) is 4.98 Å². The fourth-order valence-electron chi connectivity index (χ4n) is 3.50. The predicted molar refractivity (Wildman–Crippen MR) is 105 cm³/mol. The van der Waals surface area contributed by atoms with Crippen molar-refractivity contribution in [2.75, 3.05) is 50.0 Å². The molecule has 1 fully saturated rings. The summed E-state index contributed by atoms with van der Waals surface area (Å²) in [6.07, 6.45) is 2.22. The number of ether oxygens (including phenoxy) is 1. The van der Waals surface area contributed by atoms with Crippen LogP contribution in [-0.2, 0) is 11.2 Å². The van der Waals surface area contributed by atoms with Crippen molar-refractivity contribution in [1.29, 1.82) is 0 Å². The number of Topliss-reactive ketones (excluding diaryl/α,β-unsaturated/α-hetero) is 1. The monoisotopic (exact) mass is 367 g/mol. The van der Waals surface area contributed by atoms with Crippen molar-refractivity contribution in [2.24, 2.45) is 0 Å². The topological polar surface area (TPSA) is 79.4 Å². The normalized spacial score (nSPS) is 17.4. The lowest BCUT2D eigenvalue weighted by molar-refractivity contribution is 0.0398. The number of carbonyl (C=O) groups is 1. The minimum atomic E-state index is 0.120. The van der Waals surface area contributed by atoms with E-state index in [9.17, 15) is 4.79 Å². The summed E-state index contributed by atoms with van der Waals surface area (Å²) in [4.78, 5) is 24.1. The molecule has 1 saturated heterocycles. The van der Waals surface area contributed by atoms with E-state index in [-0.39, 0.29) is 5.78 Å². The average Bonchev–Trinajstić information content (AvgIpc) is 2.69. The lowest BCUT2D eigenvalue weighted by atomic mass is 9.95. The molecule has 7 heteroatoms. The highest BCUT2D eigenvalue weighted by atomic mass is 16.5. The van der Waals surface area contributed by atoms with Gasteiger partial charge in [-0.2, -0.15) is 4.98 Å². The van der Waals surface area contributed by atoms with E-state index in [4.69, 9.17) is 4.74 Å². The number of anilines is 3. The second-order valence-corrected chi connectivity index (χ2v) is 6.87. The van der Waals surface area contributed by atoms with Crippen LogP contribution in [-0.4, -0.2) is 60.0 Å². The Bertz CT molecular complexity index is 790. The van der Waals surface area contributed by atoms with Crippen LogP contribution in [0, 0.1) is 0 Å². The second kappa shape index (κ2) is 8.45. The molecule has 2 heterocycles. The third kappa shape index (κ3) is 4.43. The van der Waals surface area contributed by atoms with E-state index >= 15 is 0 Å². The zero-order valence-corrected chi connectivity index (χ0v) is 15.4. The average molecular weight is 367 g/mol. The molecule has 142 valence electrons. The molecule has 2 aromatic rings. The van der Waals surface area contributed by atoms with Crippen molar-refractivity contribution in [3.8, 4) is 0 Å². The summed E-state index contributed by atoms with van der Waals surface area (Å²) < 4.78 is 5.38. The molecule has 4 rings (SSSR count). The summed E-state index contributed by atoms with van der Waals surface area (Å²) in [6.45, 7) is 5.19. The maximum absolute atomic E-state index is 12.5. The quantitative estimate of drug-likeness (QED) is 0.812. The Labute approximate surface area is 159 Å². The van der Waals surface area contributed by atoms with Gasteiger partial charge in [0.1, 0.15) is 5.82 Å². The number of hydrogen-bond donors (Lipinski definition) is 2. The molecule has 0 atom stereocenters. The van der Waals surface area contributed by atoms with Gasteiger partial charge in [0.25, 0.3) is 0 Å². The Kier molecular flexibility index (Phi) is 5.60. The fourth-order valence-corrected chi connectivity index (χ4v) is 3.50. The summed E-state index contributed by atoms with van der Waals surface area (Å²) in [7, 11) is 0. The summed E-state index contributed by atoms with van der Waals surface area (Å²) >= 11 is 0. The number of aromatic nitrogens is 2. The molecule has 0 amide bonds. The van der Waals surface area contributed by atoms with E-state index in [1.165, 1.54) is 0 Å². The number of aryl methyl sites for hydroxylation is 1. The van der Waals surface area contributed by atoms with Crippen molar-refractivity contribution in [2.45, 2.75) is 19.3 Å². The molecule has 2 N–H and O–H groups in total. The Hall–Kier alpha value is -2.51. The van der Waals surface area contributed by atoms with Crippen molar-refractivity contribution in [3.05, 3.63) is 41.6 Å². The van der Waals surface area contributed by atoms with Gasteiger partial charge in [-0.1, -0.05) is 18.2 Å². The molecule has 1 aromatic heterocycles. The number of carbonyl (C=O) groups excluding carboxylic acids is 1. The second-order valence-electron chi connectivity index (χ2n) is 6.87. The molecule has 0 radical (unpaired) electrons. The van der Waals surface area contributed by atoms with Crippen molar-refractivity contribution in [1.82, 2.24) is 14.9 Å². The number of nitrogens with zero attached hydrogens (tertiary/aromatic N) is 3. The lowest BCUT2D eigenvalue weighted by Crippen LogP contribution is -2.39. The van der Waals surface area contributed by atoms with Crippen LogP contribution in [0.4, 0.5) is 17.5 Å². The number of ketones is 1. The van der Waals surface area contributed by atoms with Gasteiger partial charge in [-0.3, -0.25) is 9.69 Å². The number of nitrogens with one attached hydrogen (secondary N) is 2. The maximum Gasteiger partial charge on any atom is 0.224 e. The SMILES string of the molecule is O=C1CCCc2nc(NCCN3CCOCC3)nc(Nc3ccccc3)c21. The van der Waals surface area contributed by atoms with Crippen LogP contribution in [0.15, 0.2) is 30.3 Å². The third-order valence-corrected chi connectivity index (χ3v) is 4.93. The highest BCUT2D eigenvalue weighted by molar-refractivity contribution is 6.03. The van der Waals surface area contributed by atoms with E-state index in [1.807, 2.05) is 30.3 Å². The van der Waals surface area contributed by atoms with E-state index < -0.39 is 0 Å². The van der Waals surface area contributed by atoms with E-state index in [0.717, 1.165) is 63.6 Å². The van der Waals surface area contributed by atoms with Gasteiger partial charge in [0.2, 0.25) is 5.95 Å². The zero-order valence-electron chi connectivity index (χ0n) is 15.4. The first-order valence-corrected chi connectivity index (χ1v) is 9.60. The molecule has 0 saturated carbocycles. The highest BCUT2D eigenvalue weighted by Gasteiger charge is 2.24. The Morgan fingerprint density at radius 2 is 1.89 bits per heavy atom. The first-order chi connectivity index (χ1) is 13.3. The van der Waals surface area contributed by atoms with Gasteiger partial charge in [0, 0.05) is 38.3 Å².